The maximum atomic E-state index is 12.6. The molecule has 150 valence electrons. The first kappa shape index (κ1) is 20.3. The molecule has 27 heavy (non-hydrogen) atoms. The summed E-state index contributed by atoms with van der Waals surface area (Å²) in [5, 5.41) is 2.98. The van der Waals surface area contributed by atoms with E-state index in [4.69, 9.17) is 4.74 Å². The van der Waals surface area contributed by atoms with E-state index in [1.807, 2.05) is 26.2 Å². The molecule has 0 aromatic carbocycles. The average Bonchev–Trinajstić information content (AvgIpc) is 3.11. The molecule has 0 atom stereocenters. The fraction of sp³-hybridized carbons (Fsp3) is 0.762. The van der Waals surface area contributed by atoms with Gasteiger partial charge in [-0.3, -0.25) is 4.79 Å². The van der Waals surface area contributed by atoms with Crippen LogP contribution in [0.25, 0.3) is 0 Å². The maximum Gasteiger partial charge on any atom is 0.410 e. The summed E-state index contributed by atoms with van der Waals surface area (Å²) in [6.07, 6.45) is 8.38. The predicted molar refractivity (Wildman–Crippen MR) is 107 cm³/mol. The number of ether oxygens (including phenoxy) is 1. The van der Waals surface area contributed by atoms with Crippen molar-refractivity contribution >= 4 is 23.2 Å². The zero-order valence-corrected chi connectivity index (χ0v) is 17.6. The number of nitrogens with zero attached hydrogens (tertiary/aromatic N) is 2. The highest BCUT2D eigenvalue weighted by Crippen LogP contribution is 2.32. The summed E-state index contributed by atoms with van der Waals surface area (Å²) in [6, 6.07) is 0. The van der Waals surface area contributed by atoms with Gasteiger partial charge in [0.25, 0.3) is 0 Å². The largest absolute Gasteiger partial charge is 0.444 e. The fourth-order valence-corrected chi connectivity index (χ4v) is 4.99. The second-order valence-electron chi connectivity index (χ2n) is 8.94. The van der Waals surface area contributed by atoms with E-state index in [1.165, 1.54) is 32.1 Å². The van der Waals surface area contributed by atoms with Crippen molar-refractivity contribution in [2.75, 3.05) is 13.1 Å². The number of ketones is 1. The standard InChI is InChI=1S/C21H32N2O3S/c1-21(2,3)26-20(25)23-11-9-16(10-12-23)19-22-17(14-27-19)18(24)13-15-7-5-4-6-8-15/h14-16H,4-13H2,1-3H3. The van der Waals surface area contributed by atoms with E-state index in [0.717, 1.165) is 17.8 Å². The average molecular weight is 393 g/mol. The van der Waals surface area contributed by atoms with Gasteiger partial charge in [0, 0.05) is 30.8 Å². The molecule has 2 heterocycles. The van der Waals surface area contributed by atoms with Crippen molar-refractivity contribution in [2.45, 2.75) is 83.7 Å². The summed E-state index contributed by atoms with van der Waals surface area (Å²) >= 11 is 1.60. The van der Waals surface area contributed by atoms with Gasteiger partial charge in [0.2, 0.25) is 0 Å². The molecule has 1 aromatic rings. The van der Waals surface area contributed by atoms with Gasteiger partial charge < -0.3 is 9.64 Å². The van der Waals surface area contributed by atoms with Crippen LogP contribution in [-0.4, -0.2) is 40.5 Å². The Kier molecular flexibility index (Phi) is 6.56. The molecule has 0 N–H and O–H groups in total. The smallest absolute Gasteiger partial charge is 0.410 e. The minimum Gasteiger partial charge on any atom is -0.444 e. The Labute approximate surface area is 166 Å². The van der Waals surface area contributed by atoms with Gasteiger partial charge in [0.15, 0.2) is 5.78 Å². The Bertz CT molecular complexity index is 651. The third kappa shape index (κ3) is 5.77. The van der Waals surface area contributed by atoms with Crippen LogP contribution in [0.15, 0.2) is 5.38 Å². The molecule has 6 heteroatoms. The highest BCUT2D eigenvalue weighted by Gasteiger charge is 2.29. The molecule has 5 nitrogen and oxygen atoms in total. The van der Waals surface area contributed by atoms with E-state index in [9.17, 15) is 9.59 Å². The number of rotatable bonds is 4. The van der Waals surface area contributed by atoms with Crippen LogP contribution in [0.4, 0.5) is 4.79 Å². The molecule has 1 saturated carbocycles. The number of carbonyl (C=O) groups is 2. The predicted octanol–water partition coefficient (Wildman–Crippen LogP) is 5.41. The van der Waals surface area contributed by atoms with Crippen molar-refractivity contribution in [3.05, 3.63) is 16.1 Å². The van der Waals surface area contributed by atoms with Gasteiger partial charge in [-0.2, -0.15) is 0 Å². The molecule has 0 bridgehead atoms. The van der Waals surface area contributed by atoms with Gasteiger partial charge in [0.1, 0.15) is 11.3 Å². The Morgan fingerprint density at radius 2 is 1.81 bits per heavy atom. The molecule has 1 saturated heterocycles. The molecule has 2 fully saturated rings. The fourth-order valence-electron chi connectivity index (χ4n) is 4.00. The zero-order valence-electron chi connectivity index (χ0n) is 16.8. The van der Waals surface area contributed by atoms with Crippen LogP contribution in [-0.2, 0) is 4.74 Å². The number of piperidine rings is 1. The van der Waals surface area contributed by atoms with Gasteiger partial charge in [0.05, 0.1) is 5.01 Å². The van der Waals surface area contributed by atoms with Crippen molar-refractivity contribution in [1.82, 2.24) is 9.88 Å². The molecule has 1 aliphatic carbocycles. The molecule has 1 aromatic heterocycles. The number of aromatic nitrogens is 1. The van der Waals surface area contributed by atoms with Crippen molar-refractivity contribution in [2.24, 2.45) is 5.92 Å². The minimum absolute atomic E-state index is 0.204. The first-order valence-corrected chi connectivity index (χ1v) is 11.2. The lowest BCUT2D eigenvalue weighted by Crippen LogP contribution is -2.41. The molecular weight excluding hydrogens is 360 g/mol. The van der Waals surface area contributed by atoms with Crippen LogP contribution in [0.5, 0.6) is 0 Å². The Morgan fingerprint density at radius 3 is 2.44 bits per heavy atom. The summed E-state index contributed by atoms with van der Waals surface area (Å²) in [5.74, 6) is 1.09. The lowest BCUT2D eigenvalue weighted by molar-refractivity contribution is 0.0205. The Hall–Kier alpha value is -1.43. The molecular formula is C21H32N2O3S. The summed E-state index contributed by atoms with van der Waals surface area (Å²) in [5.41, 5.74) is 0.187. The molecule has 0 spiro atoms. The van der Waals surface area contributed by atoms with Crippen molar-refractivity contribution in [1.29, 1.82) is 0 Å². The second kappa shape index (κ2) is 8.72. The molecule has 0 unspecified atom stereocenters. The van der Waals surface area contributed by atoms with Crippen LogP contribution in [0.1, 0.15) is 93.6 Å². The SMILES string of the molecule is CC(C)(C)OC(=O)N1CCC(c2nc(C(=O)CC3CCCCC3)cs2)CC1. The van der Waals surface area contributed by atoms with Crippen LogP contribution in [0.2, 0.25) is 0 Å². The van der Waals surface area contributed by atoms with E-state index in [0.29, 0.717) is 37.0 Å². The van der Waals surface area contributed by atoms with Gasteiger partial charge >= 0.3 is 6.09 Å². The normalized spacial score (nSPS) is 19.9. The second-order valence-corrected chi connectivity index (χ2v) is 9.83. The van der Waals surface area contributed by atoms with Crippen molar-refractivity contribution in [3.63, 3.8) is 0 Å². The van der Waals surface area contributed by atoms with E-state index in [2.05, 4.69) is 4.98 Å². The molecule has 2 aliphatic rings. The number of hydrogen-bond acceptors (Lipinski definition) is 5. The van der Waals surface area contributed by atoms with Gasteiger partial charge in [-0.15, -0.1) is 11.3 Å². The number of carbonyl (C=O) groups excluding carboxylic acids is 2. The van der Waals surface area contributed by atoms with Crippen LogP contribution >= 0.6 is 11.3 Å². The van der Waals surface area contributed by atoms with E-state index >= 15 is 0 Å². The summed E-state index contributed by atoms with van der Waals surface area (Å²) < 4.78 is 5.46. The summed E-state index contributed by atoms with van der Waals surface area (Å²) in [6.45, 7) is 7.03. The quantitative estimate of drug-likeness (QED) is 0.643. The Balaban J connectivity index is 1.50. The van der Waals surface area contributed by atoms with Crippen molar-refractivity contribution in [3.8, 4) is 0 Å². The topological polar surface area (TPSA) is 59.5 Å². The van der Waals surface area contributed by atoms with E-state index < -0.39 is 5.60 Å². The van der Waals surface area contributed by atoms with E-state index in [-0.39, 0.29) is 11.9 Å². The third-order valence-electron chi connectivity index (χ3n) is 5.50. The zero-order chi connectivity index (χ0) is 19.4. The van der Waals surface area contributed by atoms with Gasteiger partial charge in [-0.1, -0.05) is 32.1 Å². The van der Waals surface area contributed by atoms with Crippen LogP contribution in [0.3, 0.4) is 0 Å². The van der Waals surface area contributed by atoms with Gasteiger partial charge in [-0.05, 0) is 39.5 Å². The number of likely N-dealkylation sites (tertiary alicyclic amines) is 1. The number of hydrogen-bond donors (Lipinski definition) is 0. The summed E-state index contributed by atoms with van der Waals surface area (Å²) in [7, 11) is 0. The molecule has 0 radical (unpaired) electrons. The Morgan fingerprint density at radius 1 is 1.15 bits per heavy atom. The number of Topliss-reactive ketones (excluding diaryl/α,β-unsaturated/α-hetero) is 1. The minimum atomic E-state index is -0.461. The van der Waals surface area contributed by atoms with Gasteiger partial charge in [-0.25, -0.2) is 9.78 Å². The number of amides is 1. The molecule has 1 aliphatic heterocycles. The lowest BCUT2D eigenvalue weighted by atomic mass is 9.85. The first-order chi connectivity index (χ1) is 12.8. The highest BCUT2D eigenvalue weighted by atomic mass is 32.1. The first-order valence-electron chi connectivity index (χ1n) is 10.3. The van der Waals surface area contributed by atoms with E-state index in [1.54, 1.807) is 16.2 Å². The monoisotopic (exact) mass is 392 g/mol. The number of thiazole rings is 1. The van der Waals surface area contributed by atoms with Crippen LogP contribution < -0.4 is 0 Å². The maximum absolute atomic E-state index is 12.6. The highest BCUT2D eigenvalue weighted by molar-refractivity contribution is 7.09. The third-order valence-corrected chi connectivity index (χ3v) is 6.51. The molecule has 1 amide bonds. The van der Waals surface area contributed by atoms with Crippen molar-refractivity contribution < 1.29 is 14.3 Å². The lowest BCUT2D eigenvalue weighted by Gasteiger charge is -2.32. The summed E-state index contributed by atoms with van der Waals surface area (Å²) in [4.78, 5) is 31.2. The molecule has 3 rings (SSSR count). The van der Waals surface area contributed by atoms with Crippen LogP contribution in [0, 0.1) is 5.92 Å².